The van der Waals surface area contributed by atoms with Gasteiger partial charge in [-0.05, 0) is 38.3 Å². The molecule has 0 radical (unpaired) electrons. The average molecular weight is 600 g/mol. The summed E-state index contributed by atoms with van der Waals surface area (Å²) < 4.78 is 49.5. The molecule has 4 heterocycles. The zero-order valence-electron chi connectivity index (χ0n) is 23.1. The van der Waals surface area contributed by atoms with E-state index in [2.05, 4.69) is 15.6 Å². The minimum Gasteiger partial charge on any atom is -0.480 e. The van der Waals surface area contributed by atoms with Crippen LogP contribution in [0.2, 0.25) is 5.02 Å². The number of aromatic nitrogens is 1. The number of hydrogen-bond donors (Lipinski definition) is 3. The summed E-state index contributed by atoms with van der Waals surface area (Å²) in [7, 11) is 0. The Balaban J connectivity index is 1.51. The van der Waals surface area contributed by atoms with E-state index in [-0.39, 0.29) is 65.3 Å². The van der Waals surface area contributed by atoms with Crippen molar-refractivity contribution in [2.45, 2.75) is 56.4 Å². The SMILES string of the molecule is CC1C[C@@H](NC(=O)c2cnc(OCCO)c(F)c2-c2c(Cl)c(F)cc3c2C[C@](c2ccccc2)([C@@H]2CCCN2)O3)CO1. The summed E-state index contributed by atoms with van der Waals surface area (Å²) in [6.07, 6.45) is 3.76. The molecule has 6 rings (SSSR count). The second kappa shape index (κ2) is 11.8. The molecule has 1 aromatic heterocycles. The van der Waals surface area contributed by atoms with Gasteiger partial charge in [0, 0.05) is 35.4 Å². The van der Waals surface area contributed by atoms with Crippen LogP contribution in [-0.4, -0.2) is 60.6 Å². The van der Waals surface area contributed by atoms with Crippen LogP contribution in [0.3, 0.4) is 0 Å². The highest BCUT2D eigenvalue weighted by atomic mass is 35.5. The number of fused-ring (bicyclic) bond motifs is 1. The third kappa shape index (κ3) is 5.10. The maximum Gasteiger partial charge on any atom is 0.253 e. The number of pyridine rings is 1. The topological polar surface area (TPSA) is 102 Å². The molecule has 1 unspecified atom stereocenters. The van der Waals surface area contributed by atoms with Gasteiger partial charge in [0.2, 0.25) is 0 Å². The molecule has 1 amide bonds. The lowest BCUT2D eigenvalue weighted by Crippen LogP contribution is -2.48. The first-order chi connectivity index (χ1) is 20.3. The van der Waals surface area contributed by atoms with Crippen molar-refractivity contribution in [3.63, 3.8) is 0 Å². The summed E-state index contributed by atoms with van der Waals surface area (Å²) in [5, 5.41) is 15.3. The number of ether oxygens (including phenoxy) is 3. The molecule has 11 heteroatoms. The molecule has 2 aromatic carbocycles. The number of amides is 1. The van der Waals surface area contributed by atoms with Gasteiger partial charge < -0.3 is 30.0 Å². The number of rotatable bonds is 8. The summed E-state index contributed by atoms with van der Waals surface area (Å²) in [6, 6.07) is 10.5. The molecule has 0 bridgehead atoms. The average Bonchev–Trinajstić information content (AvgIpc) is 3.75. The van der Waals surface area contributed by atoms with Gasteiger partial charge in [-0.25, -0.2) is 13.8 Å². The van der Waals surface area contributed by atoms with Crippen LogP contribution >= 0.6 is 11.6 Å². The largest absolute Gasteiger partial charge is 0.480 e. The van der Waals surface area contributed by atoms with Gasteiger partial charge in [0.25, 0.3) is 11.8 Å². The van der Waals surface area contributed by atoms with Crippen LogP contribution in [0.4, 0.5) is 8.78 Å². The minimum atomic E-state index is -0.988. The summed E-state index contributed by atoms with van der Waals surface area (Å²) in [6.45, 7) is 2.42. The molecule has 2 saturated heterocycles. The molecule has 3 aliphatic rings. The van der Waals surface area contributed by atoms with E-state index in [4.69, 9.17) is 25.8 Å². The minimum absolute atomic E-state index is 0.0115. The number of hydrogen-bond acceptors (Lipinski definition) is 7. The smallest absolute Gasteiger partial charge is 0.253 e. The molecular weight excluding hydrogens is 568 g/mol. The fraction of sp³-hybridized carbons (Fsp3) is 0.419. The fourth-order valence-corrected chi connectivity index (χ4v) is 6.60. The number of benzene rings is 2. The Labute approximate surface area is 247 Å². The van der Waals surface area contributed by atoms with Crippen molar-refractivity contribution in [2.24, 2.45) is 0 Å². The first kappa shape index (κ1) is 28.8. The summed E-state index contributed by atoms with van der Waals surface area (Å²) in [4.78, 5) is 17.6. The maximum absolute atomic E-state index is 16.4. The Kier molecular flexibility index (Phi) is 8.06. The Morgan fingerprint density at radius 2 is 2.10 bits per heavy atom. The van der Waals surface area contributed by atoms with E-state index in [1.807, 2.05) is 37.3 Å². The van der Waals surface area contributed by atoms with Crippen LogP contribution in [0.15, 0.2) is 42.6 Å². The number of carbonyl (C=O) groups excluding carboxylic acids is 1. The van der Waals surface area contributed by atoms with Crippen LogP contribution in [0.1, 0.15) is 47.7 Å². The predicted octanol–water partition coefficient (Wildman–Crippen LogP) is 4.54. The van der Waals surface area contributed by atoms with Crippen molar-refractivity contribution >= 4 is 17.5 Å². The lowest BCUT2D eigenvalue weighted by Gasteiger charge is -2.35. The van der Waals surface area contributed by atoms with Crippen molar-refractivity contribution in [2.75, 3.05) is 26.4 Å². The van der Waals surface area contributed by atoms with Crippen molar-refractivity contribution in [1.29, 1.82) is 0 Å². The lowest BCUT2D eigenvalue weighted by atomic mass is 9.80. The Hall–Kier alpha value is -3.31. The van der Waals surface area contributed by atoms with Crippen LogP contribution in [-0.2, 0) is 16.8 Å². The van der Waals surface area contributed by atoms with E-state index in [9.17, 15) is 9.90 Å². The van der Waals surface area contributed by atoms with E-state index in [1.165, 1.54) is 12.3 Å². The second-order valence-electron chi connectivity index (χ2n) is 11.0. The van der Waals surface area contributed by atoms with Gasteiger partial charge in [-0.15, -0.1) is 0 Å². The van der Waals surface area contributed by atoms with Gasteiger partial charge in [0.15, 0.2) is 11.4 Å². The van der Waals surface area contributed by atoms with Gasteiger partial charge in [0.1, 0.15) is 18.2 Å². The quantitative estimate of drug-likeness (QED) is 0.349. The number of halogens is 3. The fourth-order valence-electron chi connectivity index (χ4n) is 6.33. The first-order valence-electron chi connectivity index (χ1n) is 14.2. The van der Waals surface area contributed by atoms with Crippen molar-refractivity contribution in [3.8, 4) is 22.8 Å². The zero-order chi connectivity index (χ0) is 29.4. The normalized spacial score (nSPS) is 24.8. The van der Waals surface area contributed by atoms with Crippen molar-refractivity contribution in [3.05, 3.63) is 75.9 Å². The van der Waals surface area contributed by atoms with Crippen molar-refractivity contribution in [1.82, 2.24) is 15.6 Å². The highest BCUT2D eigenvalue weighted by Gasteiger charge is 2.50. The number of aliphatic hydroxyl groups is 1. The molecule has 3 aromatic rings. The van der Waals surface area contributed by atoms with E-state index in [0.717, 1.165) is 24.9 Å². The Morgan fingerprint density at radius 3 is 2.79 bits per heavy atom. The number of nitrogens with one attached hydrogen (secondary N) is 2. The molecular formula is C31H32ClF2N3O5. The molecule has 4 atom stereocenters. The molecule has 0 spiro atoms. The third-order valence-corrected chi connectivity index (χ3v) is 8.62. The Bertz CT molecular complexity index is 1490. The number of carbonyl (C=O) groups is 1. The molecule has 0 saturated carbocycles. The highest BCUT2D eigenvalue weighted by Crippen LogP contribution is 2.52. The van der Waals surface area contributed by atoms with Gasteiger partial charge in [-0.3, -0.25) is 4.79 Å². The van der Waals surface area contributed by atoms with Crippen LogP contribution in [0.25, 0.3) is 11.1 Å². The maximum atomic E-state index is 16.4. The van der Waals surface area contributed by atoms with Gasteiger partial charge >= 0.3 is 0 Å². The number of nitrogens with zero attached hydrogens (tertiary/aromatic N) is 1. The first-order valence-corrected chi connectivity index (χ1v) is 14.5. The molecule has 3 N–H and O–H groups in total. The van der Waals surface area contributed by atoms with E-state index < -0.39 is 29.0 Å². The lowest BCUT2D eigenvalue weighted by molar-refractivity contribution is 0.0539. The standard InChI is InChI=1S/C31H32ClF2N3O5/c1-17-12-19(16-41-17)37-29(39)21-15-36-30(40-11-10-38)28(34)26(21)25-20-14-31(24-8-5-9-35-24,18-6-3-2-4-7-18)42-23(20)13-22(33)27(25)32/h2-4,6-7,13,15,17,19,24,35,38H,5,8-12,14,16H2,1H3,(H,37,39)/t17?,19-,24+,31+/m1/s1. The summed E-state index contributed by atoms with van der Waals surface area (Å²) in [5.41, 5.74) is 0.0927. The monoisotopic (exact) mass is 599 g/mol. The molecule has 42 heavy (non-hydrogen) atoms. The molecule has 222 valence electrons. The zero-order valence-corrected chi connectivity index (χ0v) is 23.8. The number of aliphatic hydroxyl groups excluding tert-OH is 1. The second-order valence-corrected chi connectivity index (χ2v) is 11.4. The summed E-state index contributed by atoms with van der Waals surface area (Å²) in [5.74, 6) is -2.62. The van der Waals surface area contributed by atoms with E-state index >= 15 is 8.78 Å². The van der Waals surface area contributed by atoms with Gasteiger partial charge in [0.05, 0.1) is 42.0 Å². The Morgan fingerprint density at radius 1 is 1.29 bits per heavy atom. The molecule has 3 aliphatic heterocycles. The van der Waals surface area contributed by atoms with E-state index in [1.54, 1.807) is 0 Å². The molecule has 8 nitrogen and oxygen atoms in total. The third-order valence-electron chi connectivity index (χ3n) is 8.25. The predicted molar refractivity (Wildman–Crippen MR) is 152 cm³/mol. The summed E-state index contributed by atoms with van der Waals surface area (Å²) >= 11 is 6.64. The van der Waals surface area contributed by atoms with Gasteiger partial charge in [-0.2, -0.15) is 0 Å². The van der Waals surface area contributed by atoms with Gasteiger partial charge in [-0.1, -0.05) is 41.9 Å². The van der Waals surface area contributed by atoms with Crippen molar-refractivity contribution < 1.29 is 32.9 Å². The van der Waals surface area contributed by atoms with Crippen LogP contribution in [0, 0.1) is 11.6 Å². The van der Waals surface area contributed by atoms with E-state index in [0.29, 0.717) is 18.6 Å². The highest BCUT2D eigenvalue weighted by molar-refractivity contribution is 6.34. The molecule has 0 aliphatic carbocycles. The molecule has 2 fully saturated rings. The van der Waals surface area contributed by atoms with Crippen LogP contribution in [0.5, 0.6) is 11.6 Å². The van der Waals surface area contributed by atoms with Crippen LogP contribution < -0.4 is 20.1 Å².